The average Bonchev–Trinajstić information content (AvgIpc) is 1.85. The highest BCUT2D eigenvalue weighted by Gasteiger charge is 2.22. The normalized spacial score (nSPS) is 13.2. The summed E-state index contributed by atoms with van der Waals surface area (Å²) in [7, 11) is 0. The van der Waals surface area contributed by atoms with Gasteiger partial charge in [0.15, 0.2) is 0 Å². The molecule has 0 aliphatic heterocycles. The summed E-state index contributed by atoms with van der Waals surface area (Å²) >= 11 is 0. The number of nitrogens with one attached hydrogen (secondary N) is 1. The smallest absolute Gasteiger partial charge is 0.239 e. The number of hydrogen-bond acceptors (Lipinski definition) is 2. The molecule has 0 saturated heterocycles. The largest absolute Gasteiger partial charge is 0.351 e. The van der Waals surface area contributed by atoms with E-state index in [9.17, 15) is 4.79 Å². The molecule has 0 fully saturated rings. The van der Waals surface area contributed by atoms with Gasteiger partial charge < -0.3 is 11.1 Å². The Bertz CT molecular complexity index is 198. The SMILES string of the molecule is C#CCC(C)NC(=O)C(C)(C)N. The molecule has 0 aromatic heterocycles. The van der Waals surface area contributed by atoms with E-state index in [1.807, 2.05) is 6.92 Å². The standard InChI is InChI=1S/C9H16N2O/c1-5-6-7(2)11-8(12)9(3,4)10/h1,7H,6,10H2,2-4H3,(H,11,12). The summed E-state index contributed by atoms with van der Waals surface area (Å²) in [6, 6.07) is -0.00896. The second-order valence-electron chi connectivity index (χ2n) is 3.50. The van der Waals surface area contributed by atoms with E-state index in [1.165, 1.54) is 0 Å². The summed E-state index contributed by atoms with van der Waals surface area (Å²) < 4.78 is 0. The zero-order valence-corrected chi connectivity index (χ0v) is 7.85. The van der Waals surface area contributed by atoms with E-state index in [4.69, 9.17) is 12.2 Å². The van der Waals surface area contributed by atoms with Gasteiger partial charge in [0, 0.05) is 12.5 Å². The van der Waals surface area contributed by atoms with Crippen molar-refractivity contribution < 1.29 is 4.79 Å². The molecule has 3 N–H and O–H groups in total. The van der Waals surface area contributed by atoms with Crippen molar-refractivity contribution in [3.63, 3.8) is 0 Å². The Labute approximate surface area is 73.7 Å². The topological polar surface area (TPSA) is 55.1 Å². The number of hydrogen-bond donors (Lipinski definition) is 2. The van der Waals surface area contributed by atoms with Crippen LogP contribution in [0.4, 0.5) is 0 Å². The molecule has 0 bridgehead atoms. The average molecular weight is 168 g/mol. The summed E-state index contributed by atoms with van der Waals surface area (Å²) in [4.78, 5) is 11.2. The predicted octanol–water partition coefficient (Wildman–Crippen LogP) is 0.252. The third kappa shape index (κ3) is 3.99. The van der Waals surface area contributed by atoms with Crippen LogP contribution < -0.4 is 11.1 Å². The number of rotatable bonds is 3. The van der Waals surface area contributed by atoms with Crippen molar-refractivity contribution in [1.82, 2.24) is 5.32 Å². The molecule has 1 amide bonds. The molecule has 1 atom stereocenters. The Hall–Kier alpha value is -1.01. The first-order valence-corrected chi connectivity index (χ1v) is 3.91. The lowest BCUT2D eigenvalue weighted by molar-refractivity contribution is -0.125. The second-order valence-corrected chi connectivity index (χ2v) is 3.50. The maximum absolute atomic E-state index is 11.2. The van der Waals surface area contributed by atoms with E-state index in [0.717, 1.165) is 0 Å². The lowest BCUT2D eigenvalue weighted by Gasteiger charge is -2.20. The molecule has 3 heteroatoms. The van der Waals surface area contributed by atoms with Gasteiger partial charge in [-0.2, -0.15) is 0 Å². The molecule has 0 heterocycles. The summed E-state index contributed by atoms with van der Waals surface area (Å²) in [6.07, 6.45) is 5.61. The first-order chi connectivity index (χ1) is 5.38. The van der Waals surface area contributed by atoms with Gasteiger partial charge in [-0.05, 0) is 20.8 Å². The highest BCUT2D eigenvalue weighted by molar-refractivity contribution is 5.85. The molecule has 12 heavy (non-hydrogen) atoms. The maximum Gasteiger partial charge on any atom is 0.239 e. The molecule has 0 saturated carbocycles. The van der Waals surface area contributed by atoms with Crippen molar-refractivity contribution in [2.24, 2.45) is 5.73 Å². The third-order valence-electron chi connectivity index (χ3n) is 1.39. The highest BCUT2D eigenvalue weighted by Crippen LogP contribution is 1.98. The monoisotopic (exact) mass is 168 g/mol. The molecule has 0 rings (SSSR count). The molecule has 68 valence electrons. The van der Waals surface area contributed by atoms with Crippen LogP contribution in [0.15, 0.2) is 0 Å². The van der Waals surface area contributed by atoms with Crippen molar-refractivity contribution in [2.75, 3.05) is 0 Å². The molecule has 3 nitrogen and oxygen atoms in total. The van der Waals surface area contributed by atoms with Crippen molar-refractivity contribution in [2.45, 2.75) is 38.8 Å². The van der Waals surface area contributed by atoms with Gasteiger partial charge in [-0.25, -0.2) is 0 Å². The van der Waals surface area contributed by atoms with Crippen LogP contribution in [0.1, 0.15) is 27.2 Å². The number of amides is 1. The fourth-order valence-electron chi connectivity index (χ4n) is 0.638. The number of carbonyl (C=O) groups is 1. The van der Waals surface area contributed by atoms with E-state index in [1.54, 1.807) is 13.8 Å². The van der Waals surface area contributed by atoms with Gasteiger partial charge in [0.1, 0.15) is 0 Å². The van der Waals surface area contributed by atoms with E-state index in [0.29, 0.717) is 6.42 Å². The molecular weight excluding hydrogens is 152 g/mol. The van der Waals surface area contributed by atoms with Gasteiger partial charge >= 0.3 is 0 Å². The Morgan fingerprint density at radius 1 is 1.75 bits per heavy atom. The summed E-state index contributed by atoms with van der Waals surface area (Å²) in [5.74, 6) is 2.29. The van der Waals surface area contributed by atoms with Crippen LogP contribution in [-0.2, 0) is 4.79 Å². The number of nitrogens with two attached hydrogens (primary N) is 1. The van der Waals surface area contributed by atoms with Crippen molar-refractivity contribution in [1.29, 1.82) is 0 Å². The number of carbonyl (C=O) groups excluding carboxylic acids is 1. The van der Waals surface area contributed by atoms with Gasteiger partial charge in [0.2, 0.25) is 5.91 Å². The first-order valence-electron chi connectivity index (χ1n) is 3.91. The molecule has 0 spiro atoms. The first kappa shape index (κ1) is 11.0. The van der Waals surface area contributed by atoms with E-state index in [2.05, 4.69) is 11.2 Å². The van der Waals surface area contributed by atoms with Crippen LogP contribution in [-0.4, -0.2) is 17.5 Å². The van der Waals surface area contributed by atoms with Gasteiger partial charge in [-0.1, -0.05) is 0 Å². The molecule has 0 aliphatic rings. The van der Waals surface area contributed by atoms with Crippen LogP contribution >= 0.6 is 0 Å². The Kier molecular flexibility index (Phi) is 3.78. The van der Waals surface area contributed by atoms with Crippen molar-refractivity contribution in [3.8, 4) is 12.3 Å². The van der Waals surface area contributed by atoms with Gasteiger partial charge in [-0.15, -0.1) is 12.3 Å². The van der Waals surface area contributed by atoms with E-state index >= 15 is 0 Å². The molecule has 0 aromatic carbocycles. The van der Waals surface area contributed by atoms with Crippen LogP contribution in [0.2, 0.25) is 0 Å². The second kappa shape index (κ2) is 4.13. The van der Waals surface area contributed by atoms with Crippen molar-refractivity contribution >= 4 is 5.91 Å². The zero-order chi connectivity index (χ0) is 9.78. The van der Waals surface area contributed by atoms with Crippen LogP contribution in [0, 0.1) is 12.3 Å². The highest BCUT2D eigenvalue weighted by atomic mass is 16.2. The van der Waals surface area contributed by atoms with E-state index < -0.39 is 5.54 Å². The maximum atomic E-state index is 11.2. The predicted molar refractivity (Wildman–Crippen MR) is 49.3 cm³/mol. The fraction of sp³-hybridized carbons (Fsp3) is 0.667. The van der Waals surface area contributed by atoms with E-state index in [-0.39, 0.29) is 11.9 Å². The fourth-order valence-corrected chi connectivity index (χ4v) is 0.638. The minimum absolute atomic E-state index is 0.00896. The van der Waals surface area contributed by atoms with Gasteiger partial charge in [-0.3, -0.25) is 4.79 Å². The Morgan fingerprint density at radius 3 is 2.58 bits per heavy atom. The van der Waals surface area contributed by atoms with Gasteiger partial charge in [0.05, 0.1) is 5.54 Å². The Morgan fingerprint density at radius 2 is 2.25 bits per heavy atom. The minimum Gasteiger partial charge on any atom is -0.351 e. The van der Waals surface area contributed by atoms with Crippen LogP contribution in [0.3, 0.4) is 0 Å². The molecule has 0 radical (unpaired) electrons. The quantitative estimate of drug-likeness (QED) is 0.594. The summed E-state index contributed by atoms with van der Waals surface area (Å²) in [6.45, 7) is 5.17. The lowest BCUT2D eigenvalue weighted by atomic mass is 10.1. The minimum atomic E-state index is -0.830. The molecule has 0 aliphatic carbocycles. The molecular formula is C9H16N2O. The molecule has 0 aromatic rings. The summed E-state index contributed by atoms with van der Waals surface area (Å²) in [5, 5.41) is 2.71. The van der Waals surface area contributed by atoms with Crippen LogP contribution in [0.25, 0.3) is 0 Å². The van der Waals surface area contributed by atoms with Crippen molar-refractivity contribution in [3.05, 3.63) is 0 Å². The van der Waals surface area contributed by atoms with Gasteiger partial charge in [0.25, 0.3) is 0 Å². The zero-order valence-electron chi connectivity index (χ0n) is 7.85. The molecule has 1 unspecified atom stereocenters. The lowest BCUT2D eigenvalue weighted by Crippen LogP contribution is -2.51. The Balaban J connectivity index is 3.95. The number of terminal acetylenes is 1. The third-order valence-corrected chi connectivity index (χ3v) is 1.39. The summed E-state index contributed by atoms with van der Waals surface area (Å²) in [5.41, 5.74) is 4.73. The van der Waals surface area contributed by atoms with Crippen LogP contribution in [0.5, 0.6) is 0 Å².